The number of pyridine rings is 1. The predicted molar refractivity (Wildman–Crippen MR) is 77.1 cm³/mol. The van der Waals surface area contributed by atoms with E-state index in [1.54, 1.807) is 28.4 Å². The molecule has 5 nitrogen and oxygen atoms in total. The van der Waals surface area contributed by atoms with Crippen LogP contribution in [0.3, 0.4) is 0 Å². The van der Waals surface area contributed by atoms with Crippen molar-refractivity contribution < 1.29 is 10.0 Å². The Labute approximate surface area is 116 Å². The highest BCUT2D eigenvalue weighted by Crippen LogP contribution is 2.16. The lowest BCUT2D eigenvalue weighted by molar-refractivity contribution is 0.0706. The molecule has 106 valence electrons. The van der Waals surface area contributed by atoms with E-state index in [1.807, 2.05) is 13.0 Å². The molecule has 0 bridgehead atoms. The van der Waals surface area contributed by atoms with Gasteiger partial charge < -0.3 is 4.57 Å². The van der Waals surface area contributed by atoms with Crippen molar-refractivity contribution in [1.82, 2.24) is 10.0 Å². The summed E-state index contributed by atoms with van der Waals surface area (Å²) in [4.78, 5) is 23.9. The molecule has 0 fully saturated rings. The lowest BCUT2D eigenvalue weighted by Gasteiger charge is -2.15. The number of benzene rings is 1. The van der Waals surface area contributed by atoms with Gasteiger partial charge in [0.25, 0.3) is 11.5 Å². The zero-order valence-electron chi connectivity index (χ0n) is 11.6. The van der Waals surface area contributed by atoms with Gasteiger partial charge in [0.1, 0.15) is 0 Å². The summed E-state index contributed by atoms with van der Waals surface area (Å²) in [7, 11) is 0. The van der Waals surface area contributed by atoms with Gasteiger partial charge in [-0.25, -0.2) is 5.48 Å². The fourth-order valence-electron chi connectivity index (χ4n) is 2.36. The lowest BCUT2D eigenvalue weighted by Crippen LogP contribution is -2.23. The number of fused-ring (bicyclic) bond motifs is 1. The number of carbonyl (C=O) groups is 1. The summed E-state index contributed by atoms with van der Waals surface area (Å²) >= 11 is 0. The van der Waals surface area contributed by atoms with E-state index in [0.717, 1.165) is 18.2 Å². The monoisotopic (exact) mass is 274 g/mol. The van der Waals surface area contributed by atoms with Gasteiger partial charge in [-0.15, -0.1) is 0 Å². The zero-order chi connectivity index (χ0) is 14.7. The molecular weight excluding hydrogens is 256 g/mol. The molecule has 0 aliphatic rings. The van der Waals surface area contributed by atoms with Crippen molar-refractivity contribution in [3.05, 3.63) is 46.4 Å². The maximum atomic E-state index is 12.5. The molecule has 2 N–H and O–H groups in total. The molecule has 20 heavy (non-hydrogen) atoms. The molecule has 0 aliphatic heterocycles. The second-order valence-electron chi connectivity index (χ2n) is 4.91. The van der Waals surface area contributed by atoms with Crippen LogP contribution in [0.1, 0.15) is 43.1 Å². The van der Waals surface area contributed by atoms with Gasteiger partial charge in [0, 0.05) is 23.2 Å². The van der Waals surface area contributed by atoms with E-state index in [2.05, 4.69) is 6.92 Å². The summed E-state index contributed by atoms with van der Waals surface area (Å²) in [5.41, 5.74) is 1.72. The summed E-state index contributed by atoms with van der Waals surface area (Å²) < 4.78 is 1.69. The van der Waals surface area contributed by atoms with Crippen LogP contribution in [0, 0.1) is 0 Å². The van der Waals surface area contributed by atoms with Gasteiger partial charge in [0.2, 0.25) is 0 Å². The van der Waals surface area contributed by atoms with E-state index >= 15 is 0 Å². The van der Waals surface area contributed by atoms with Crippen molar-refractivity contribution in [1.29, 1.82) is 0 Å². The van der Waals surface area contributed by atoms with E-state index in [4.69, 9.17) is 5.21 Å². The first-order valence-electron chi connectivity index (χ1n) is 6.67. The lowest BCUT2D eigenvalue weighted by atomic mass is 10.1. The Morgan fingerprint density at radius 2 is 2.15 bits per heavy atom. The van der Waals surface area contributed by atoms with Crippen LogP contribution in [0.4, 0.5) is 0 Å². The number of hydrogen-bond donors (Lipinski definition) is 2. The van der Waals surface area contributed by atoms with E-state index in [-0.39, 0.29) is 17.2 Å². The number of carbonyl (C=O) groups excluding carboxylic acids is 1. The van der Waals surface area contributed by atoms with Crippen molar-refractivity contribution in [2.75, 3.05) is 0 Å². The number of rotatable bonds is 4. The Kier molecular flexibility index (Phi) is 4.20. The molecule has 5 heteroatoms. The van der Waals surface area contributed by atoms with Gasteiger partial charge in [0.05, 0.1) is 0 Å². The van der Waals surface area contributed by atoms with Crippen LogP contribution in [0.5, 0.6) is 0 Å². The minimum absolute atomic E-state index is 0.115. The van der Waals surface area contributed by atoms with Gasteiger partial charge in [-0.3, -0.25) is 14.8 Å². The first kappa shape index (κ1) is 14.3. The second-order valence-corrected chi connectivity index (χ2v) is 4.91. The fraction of sp³-hybridized carbons (Fsp3) is 0.333. The maximum absolute atomic E-state index is 12.5. The van der Waals surface area contributed by atoms with Crippen molar-refractivity contribution in [3.63, 3.8) is 0 Å². The number of nitrogens with one attached hydrogen (secondary N) is 1. The average molecular weight is 274 g/mol. The highest BCUT2D eigenvalue weighted by atomic mass is 16.5. The summed E-state index contributed by atoms with van der Waals surface area (Å²) in [6, 6.07) is 6.78. The van der Waals surface area contributed by atoms with Crippen LogP contribution in [0.15, 0.2) is 35.3 Å². The van der Waals surface area contributed by atoms with E-state index < -0.39 is 5.91 Å². The topological polar surface area (TPSA) is 71.3 Å². The van der Waals surface area contributed by atoms with E-state index in [9.17, 15) is 9.59 Å². The molecule has 0 radical (unpaired) electrons. The molecular formula is C15H18N2O3. The Hall–Kier alpha value is -2.14. The third-order valence-electron chi connectivity index (χ3n) is 3.48. The predicted octanol–water partition coefficient (Wildman–Crippen LogP) is 2.48. The molecule has 2 rings (SSSR count). The Morgan fingerprint density at radius 3 is 2.80 bits per heavy atom. The standard InChI is InChI=1S/C15H18N2O3/c1-3-4-10(2)17-8-7-11-5-6-12(14(18)16-20)9-13(11)15(17)19/h5-10,20H,3-4H2,1-2H3,(H,16,18). The Balaban J connectivity index is 2.58. The summed E-state index contributed by atoms with van der Waals surface area (Å²) in [5, 5.41) is 9.92. The summed E-state index contributed by atoms with van der Waals surface area (Å²) in [5.74, 6) is -0.622. The second kappa shape index (κ2) is 5.88. The van der Waals surface area contributed by atoms with E-state index in [0.29, 0.717) is 5.39 Å². The smallest absolute Gasteiger partial charge is 0.274 e. The largest absolute Gasteiger partial charge is 0.312 e. The average Bonchev–Trinajstić information content (AvgIpc) is 2.46. The van der Waals surface area contributed by atoms with Crippen molar-refractivity contribution in [2.45, 2.75) is 32.7 Å². The van der Waals surface area contributed by atoms with Crippen molar-refractivity contribution >= 4 is 16.7 Å². The normalized spacial score (nSPS) is 12.3. The van der Waals surface area contributed by atoms with Crippen LogP contribution < -0.4 is 11.0 Å². The Morgan fingerprint density at radius 1 is 1.40 bits per heavy atom. The number of hydrogen-bond acceptors (Lipinski definition) is 3. The first-order chi connectivity index (χ1) is 9.58. The highest BCUT2D eigenvalue weighted by Gasteiger charge is 2.11. The first-order valence-corrected chi connectivity index (χ1v) is 6.67. The number of nitrogens with zero attached hydrogens (tertiary/aromatic N) is 1. The number of aromatic nitrogens is 1. The molecule has 1 amide bonds. The van der Waals surface area contributed by atoms with Crippen LogP contribution in [0.25, 0.3) is 10.8 Å². The summed E-state index contributed by atoms with van der Waals surface area (Å²) in [6.45, 7) is 4.08. The molecule has 1 unspecified atom stereocenters. The minimum Gasteiger partial charge on any atom is -0.312 e. The van der Waals surface area contributed by atoms with E-state index in [1.165, 1.54) is 6.07 Å². The zero-order valence-corrected chi connectivity index (χ0v) is 11.6. The van der Waals surface area contributed by atoms with Crippen LogP contribution in [-0.2, 0) is 0 Å². The maximum Gasteiger partial charge on any atom is 0.274 e. The molecule has 2 aromatic rings. The molecule has 1 heterocycles. The molecule has 0 spiro atoms. The molecule has 0 saturated heterocycles. The minimum atomic E-state index is -0.622. The molecule has 0 saturated carbocycles. The quantitative estimate of drug-likeness (QED) is 0.664. The van der Waals surface area contributed by atoms with Gasteiger partial charge in [-0.1, -0.05) is 19.4 Å². The van der Waals surface area contributed by atoms with Gasteiger partial charge in [-0.2, -0.15) is 0 Å². The fourth-order valence-corrected chi connectivity index (χ4v) is 2.36. The molecule has 1 aromatic heterocycles. The van der Waals surface area contributed by atoms with Gasteiger partial charge >= 0.3 is 0 Å². The highest BCUT2D eigenvalue weighted by molar-refractivity contribution is 5.97. The van der Waals surface area contributed by atoms with Crippen LogP contribution >= 0.6 is 0 Å². The van der Waals surface area contributed by atoms with Crippen LogP contribution in [0.2, 0.25) is 0 Å². The molecule has 1 aromatic carbocycles. The number of hydroxylamine groups is 1. The summed E-state index contributed by atoms with van der Waals surface area (Å²) in [6.07, 6.45) is 3.71. The van der Waals surface area contributed by atoms with Crippen molar-refractivity contribution in [3.8, 4) is 0 Å². The third kappa shape index (κ3) is 2.58. The van der Waals surface area contributed by atoms with Gasteiger partial charge in [0.15, 0.2) is 0 Å². The Bertz CT molecular complexity index is 691. The molecule has 0 aliphatic carbocycles. The SMILES string of the molecule is CCCC(C)n1ccc2ccc(C(=O)NO)cc2c1=O. The number of amides is 1. The van der Waals surface area contributed by atoms with Gasteiger partial charge in [-0.05, 0) is 36.9 Å². The molecule has 1 atom stereocenters. The third-order valence-corrected chi connectivity index (χ3v) is 3.48. The van der Waals surface area contributed by atoms with Crippen LogP contribution in [-0.4, -0.2) is 15.7 Å². The van der Waals surface area contributed by atoms with Crippen molar-refractivity contribution in [2.24, 2.45) is 0 Å².